The largest absolute Gasteiger partial charge is 0.346 e. The van der Waals surface area contributed by atoms with Crippen molar-refractivity contribution in [2.24, 2.45) is 0 Å². The molecule has 1 heterocycles. The van der Waals surface area contributed by atoms with Crippen molar-refractivity contribution in [2.75, 3.05) is 0 Å². The van der Waals surface area contributed by atoms with Gasteiger partial charge < -0.3 is 4.98 Å². The van der Waals surface area contributed by atoms with Crippen LogP contribution in [0.1, 0.15) is 32.3 Å². The highest BCUT2D eigenvalue weighted by atomic mass is 79.9. The van der Waals surface area contributed by atoms with Gasteiger partial charge in [-0.2, -0.15) is 0 Å². The van der Waals surface area contributed by atoms with Crippen LogP contribution in [-0.2, 0) is 5.41 Å². The van der Waals surface area contributed by atoms with Gasteiger partial charge in [-0.25, -0.2) is 4.98 Å². The maximum atomic E-state index is 5.12. The van der Waals surface area contributed by atoms with Gasteiger partial charge in [0, 0.05) is 11.1 Å². The van der Waals surface area contributed by atoms with Gasteiger partial charge in [-0.3, -0.25) is 0 Å². The predicted octanol–water partition coefficient (Wildman–Crippen LogP) is 3.51. The van der Waals surface area contributed by atoms with Crippen molar-refractivity contribution in [3.63, 3.8) is 0 Å². The number of H-pyrrole nitrogens is 1. The highest BCUT2D eigenvalue weighted by molar-refractivity contribution is 9.10. The minimum atomic E-state index is 0.0129. The van der Waals surface area contributed by atoms with E-state index in [2.05, 4.69) is 46.7 Å². The highest BCUT2D eigenvalue weighted by Crippen LogP contribution is 2.21. The summed E-state index contributed by atoms with van der Waals surface area (Å²) in [5.74, 6) is 0.929. The highest BCUT2D eigenvalue weighted by Gasteiger charge is 2.17. The van der Waals surface area contributed by atoms with E-state index in [1.807, 2.05) is 6.92 Å². The number of nitrogens with one attached hydrogen (secondary N) is 1. The Morgan fingerprint density at radius 2 is 1.92 bits per heavy atom. The predicted molar refractivity (Wildman–Crippen MR) is 60.6 cm³/mol. The summed E-state index contributed by atoms with van der Waals surface area (Å²) in [6, 6.07) is 0. The average Bonchev–Trinajstić information content (AvgIpc) is 1.97. The normalized spacial score (nSPS) is 11.8. The summed E-state index contributed by atoms with van der Waals surface area (Å²) in [6.07, 6.45) is 0. The van der Waals surface area contributed by atoms with Crippen molar-refractivity contribution in [1.82, 2.24) is 9.97 Å². The molecule has 72 valence electrons. The van der Waals surface area contributed by atoms with Crippen molar-refractivity contribution in [3.8, 4) is 0 Å². The fourth-order valence-electron chi connectivity index (χ4n) is 0.927. The summed E-state index contributed by atoms with van der Waals surface area (Å²) >= 11 is 8.50. The zero-order valence-corrected chi connectivity index (χ0v) is 10.6. The van der Waals surface area contributed by atoms with E-state index in [-0.39, 0.29) is 5.41 Å². The first-order valence-corrected chi connectivity index (χ1v) is 5.29. The van der Waals surface area contributed by atoms with Gasteiger partial charge >= 0.3 is 0 Å². The molecule has 0 saturated heterocycles. The second kappa shape index (κ2) is 3.50. The maximum Gasteiger partial charge on any atom is 0.144 e. The van der Waals surface area contributed by atoms with Gasteiger partial charge in [-0.15, -0.1) is 0 Å². The molecule has 0 saturated carbocycles. The third-order valence-corrected chi connectivity index (χ3v) is 3.27. The van der Waals surface area contributed by atoms with Gasteiger partial charge in [-0.05, 0) is 22.9 Å². The number of hydrogen-bond acceptors (Lipinski definition) is 2. The number of nitrogens with zero attached hydrogens (tertiary/aromatic N) is 1. The molecule has 0 radical (unpaired) electrons. The first kappa shape index (κ1) is 10.9. The quantitative estimate of drug-likeness (QED) is 0.724. The number of aromatic nitrogens is 2. The zero-order chi connectivity index (χ0) is 10.2. The molecule has 0 aliphatic carbocycles. The molecule has 2 nitrogen and oxygen atoms in total. The molecule has 0 aliphatic rings. The fourth-order valence-corrected chi connectivity index (χ4v) is 1.36. The SMILES string of the molecule is Cc1[nH]c(C(C)(C)C)nc(=S)c1Br. The molecule has 0 aliphatic heterocycles. The summed E-state index contributed by atoms with van der Waals surface area (Å²) in [5.41, 5.74) is 1.05. The van der Waals surface area contributed by atoms with Crippen molar-refractivity contribution >= 4 is 28.1 Å². The van der Waals surface area contributed by atoms with Gasteiger partial charge in [0.25, 0.3) is 0 Å². The molecular formula is C9H13BrN2S. The van der Waals surface area contributed by atoms with Crippen molar-refractivity contribution < 1.29 is 0 Å². The lowest BCUT2D eigenvalue weighted by Gasteiger charge is -2.18. The minimum Gasteiger partial charge on any atom is -0.346 e. The van der Waals surface area contributed by atoms with E-state index in [4.69, 9.17) is 12.2 Å². The van der Waals surface area contributed by atoms with Crippen LogP contribution in [0.25, 0.3) is 0 Å². The Morgan fingerprint density at radius 3 is 2.31 bits per heavy atom. The minimum absolute atomic E-state index is 0.0129. The van der Waals surface area contributed by atoms with Crippen LogP contribution in [0.2, 0.25) is 0 Å². The Bertz CT molecular complexity index is 376. The third kappa shape index (κ3) is 2.38. The Hall–Kier alpha value is -0.220. The van der Waals surface area contributed by atoms with Crippen LogP contribution < -0.4 is 0 Å². The van der Waals surface area contributed by atoms with Crippen molar-refractivity contribution in [1.29, 1.82) is 0 Å². The van der Waals surface area contributed by atoms with E-state index in [1.54, 1.807) is 0 Å². The number of aryl methyl sites for hydroxylation is 1. The van der Waals surface area contributed by atoms with Crippen LogP contribution in [0.5, 0.6) is 0 Å². The van der Waals surface area contributed by atoms with Crippen LogP contribution in [0, 0.1) is 11.6 Å². The second-order valence-electron chi connectivity index (χ2n) is 4.08. The van der Waals surface area contributed by atoms with E-state index >= 15 is 0 Å². The maximum absolute atomic E-state index is 5.12. The average molecular weight is 261 g/mol. The molecule has 0 aromatic carbocycles. The summed E-state index contributed by atoms with van der Waals surface area (Å²) < 4.78 is 1.51. The van der Waals surface area contributed by atoms with E-state index in [0.717, 1.165) is 16.0 Å². The first-order valence-electron chi connectivity index (χ1n) is 4.09. The third-order valence-electron chi connectivity index (χ3n) is 1.75. The Morgan fingerprint density at radius 1 is 1.38 bits per heavy atom. The molecule has 0 amide bonds. The number of aromatic amines is 1. The van der Waals surface area contributed by atoms with Gasteiger partial charge in [-0.1, -0.05) is 33.0 Å². The van der Waals surface area contributed by atoms with E-state index in [1.165, 1.54) is 0 Å². The number of halogens is 1. The van der Waals surface area contributed by atoms with Crippen LogP contribution in [0.3, 0.4) is 0 Å². The standard InChI is InChI=1S/C9H13BrN2S/c1-5-6(10)7(13)12-8(11-5)9(2,3)4/h1-4H3,(H,11,12,13). The Kier molecular flexibility index (Phi) is 2.92. The van der Waals surface area contributed by atoms with Gasteiger partial charge in [0.15, 0.2) is 0 Å². The summed E-state index contributed by atoms with van der Waals surface area (Å²) in [6.45, 7) is 8.30. The fraction of sp³-hybridized carbons (Fsp3) is 0.556. The van der Waals surface area contributed by atoms with E-state index in [0.29, 0.717) is 4.64 Å². The molecule has 0 bridgehead atoms. The second-order valence-corrected chi connectivity index (χ2v) is 5.26. The van der Waals surface area contributed by atoms with E-state index < -0.39 is 0 Å². The van der Waals surface area contributed by atoms with Crippen LogP contribution in [-0.4, -0.2) is 9.97 Å². The molecule has 0 atom stereocenters. The van der Waals surface area contributed by atoms with Gasteiger partial charge in [0.05, 0.1) is 4.47 Å². The summed E-state index contributed by atoms with van der Waals surface area (Å²) in [7, 11) is 0. The molecule has 1 N–H and O–H groups in total. The van der Waals surface area contributed by atoms with Crippen LogP contribution in [0.15, 0.2) is 4.47 Å². The molecule has 0 spiro atoms. The van der Waals surface area contributed by atoms with Crippen LogP contribution >= 0.6 is 28.1 Å². The number of rotatable bonds is 0. The lowest BCUT2D eigenvalue weighted by molar-refractivity contribution is 0.541. The molecule has 1 rings (SSSR count). The Balaban J connectivity index is 3.38. The number of hydrogen-bond donors (Lipinski definition) is 1. The monoisotopic (exact) mass is 260 g/mol. The summed E-state index contributed by atoms with van der Waals surface area (Å²) in [4.78, 5) is 7.55. The lowest BCUT2D eigenvalue weighted by Crippen LogP contribution is -2.16. The van der Waals surface area contributed by atoms with Crippen molar-refractivity contribution in [3.05, 3.63) is 20.6 Å². The molecule has 13 heavy (non-hydrogen) atoms. The topological polar surface area (TPSA) is 28.7 Å². The van der Waals surface area contributed by atoms with Crippen LogP contribution in [0.4, 0.5) is 0 Å². The summed E-state index contributed by atoms with van der Waals surface area (Å²) in [5, 5.41) is 0. The first-order chi connectivity index (χ1) is 5.82. The lowest BCUT2D eigenvalue weighted by atomic mass is 9.96. The van der Waals surface area contributed by atoms with Gasteiger partial charge in [0.2, 0.25) is 0 Å². The van der Waals surface area contributed by atoms with E-state index in [9.17, 15) is 0 Å². The molecule has 0 unspecified atom stereocenters. The van der Waals surface area contributed by atoms with Crippen molar-refractivity contribution in [2.45, 2.75) is 33.1 Å². The van der Waals surface area contributed by atoms with Gasteiger partial charge in [0.1, 0.15) is 10.5 Å². The Labute approximate surface area is 91.9 Å². The molecule has 4 heteroatoms. The molecule has 0 fully saturated rings. The smallest absolute Gasteiger partial charge is 0.144 e. The molecule has 1 aromatic heterocycles. The zero-order valence-electron chi connectivity index (χ0n) is 8.23. The molecular weight excluding hydrogens is 248 g/mol. The molecule has 1 aromatic rings.